The van der Waals surface area contributed by atoms with E-state index in [1.165, 1.54) is 0 Å². The Kier molecular flexibility index (Phi) is 5.61. The zero-order valence-electron chi connectivity index (χ0n) is 10.2. The van der Waals surface area contributed by atoms with Crippen molar-refractivity contribution < 1.29 is 9.53 Å². The lowest BCUT2D eigenvalue weighted by Crippen LogP contribution is -2.35. The summed E-state index contributed by atoms with van der Waals surface area (Å²) in [5.74, 6) is -0.0667. The van der Waals surface area contributed by atoms with Crippen LogP contribution in [0.3, 0.4) is 0 Å². The number of halogens is 1. The van der Waals surface area contributed by atoms with E-state index in [9.17, 15) is 4.79 Å². The molecule has 2 N–H and O–H groups in total. The van der Waals surface area contributed by atoms with Crippen molar-refractivity contribution in [1.82, 2.24) is 5.32 Å². The summed E-state index contributed by atoms with van der Waals surface area (Å²) in [6.45, 7) is 2.26. The SMILES string of the molecule is CNC(C)C(=O)Nc1cccc(Br)c1COC. The second-order valence-corrected chi connectivity index (χ2v) is 4.55. The Morgan fingerprint density at radius 3 is 2.82 bits per heavy atom. The average Bonchev–Trinajstić information content (AvgIpc) is 2.32. The van der Waals surface area contributed by atoms with E-state index in [0.29, 0.717) is 6.61 Å². The zero-order chi connectivity index (χ0) is 12.8. The third-order valence-corrected chi connectivity index (χ3v) is 3.23. The van der Waals surface area contributed by atoms with Crippen LogP contribution >= 0.6 is 15.9 Å². The van der Waals surface area contributed by atoms with Crippen molar-refractivity contribution in [2.45, 2.75) is 19.6 Å². The van der Waals surface area contributed by atoms with E-state index in [4.69, 9.17) is 4.74 Å². The quantitative estimate of drug-likeness (QED) is 0.876. The maximum atomic E-state index is 11.8. The van der Waals surface area contributed by atoms with Gasteiger partial charge in [0.2, 0.25) is 5.91 Å². The van der Waals surface area contributed by atoms with Gasteiger partial charge in [0.05, 0.1) is 12.6 Å². The fourth-order valence-corrected chi connectivity index (χ4v) is 1.82. The Bertz CT molecular complexity index is 396. The molecule has 1 atom stereocenters. The number of nitrogens with one attached hydrogen (secondary N) is 2. The first kappa shape index (κ1) is 14.2. The summed E-state index contributed by atoms with van der Waals surface area (Å²) in [5, 5.41) is 5.77. The van der Waals surface area contributed by atoms with Gasteiger partial charge in [0.1, 0.15) is 0 Å². The van der Waals surface area contributed by atoms with Crippen LogP contribution in [0.2, 0.25) is 0 Å². The van der Waals surface area contributed by atoms with Gasteiger partial charge in [0.15, 0.2) is 0 Å². The Hall–Kier alpha value is -0.910. The van der Waals surface area contributed by atoms with Crippen LogP contribution < -0.4 is 10.6 Å². The van der Waals surface area contributed by atoms with Crippen molar-refractivity contribution in [2.75, 3.05) is 19.5 Å². The van der Waals surface area contributed by atoms with E-state index < -0.39 is 0 Å². The number of methoxy groups -OCH3 is 1. The van der Waals surface area contributed by atoms with Crippen molar-refractivity contribution in [3.05, 3.63) is 28.2 Å². The third-order valence-electron chi connectivity index (χ3n) is 2.49. The number of carbonyl (C=O) groups excluding carboxylic acids is 1. The molecule has 0 spiro atoms. The van der Waals surface area contributed by atoms with Gasteiger partial charge in [-0.05, 0) is 26.1 Å². The van der Waals surface area contributed by atoms with E-state index in [1.807, 2.05) is 25.1 Å². The lowest BCUT2D eigenvalue weighted by molar-refractivity contribution is -0.117. The molecule has 0 radical (unpaired) electrons. The highest BCUT2D eigenvalue weighted by atomic mass is 79.9. The average molecular weight is 301 g/mol. The number of likely N-dealkylation sites (N-methyl/N-ethyl adjacent to an activating group) is 1. The molecular weight excluding hydrogens is 284 g/mol. The van der Waals surface area contributed by atoms with Gasteiger partial charge in [0, 0.05) is 22.8 Å². The summed E-state index contributed by atoms with van der Waals surface area (Å²) < 4.78 is 6.05. The molecule has 17 heavy (non-hydrogen) atoms. The highest BCUT2D eigenvalue weighted by Gasteiger charge is 2.13. The van der Waals surface area contributed by atoms with E-state index in [-0.39, 0.29) is 11.9 Å². The molecule has 1 rings (SSSR count). The van der Waals surface area contributed by atoms with E-state index in [1.54, 1.807) is 14.2 Å². The van der Waals surface area contributed by atoms with Crippen molar-refractivity contribution in [3.63, 3.8) is 0 Å². The molecule has 0 heterocycles. The van der Waals surface area contributed by atoms with Gasteiger partial charge in [0.25, 0.3) is 0 Å². The molecule has 94 valence electrons. The van der Waals surface area contributed by atoms with Crippen LogP contribution in [0.15, 0.2) is 22.7 Å². The Balaban J connectivity index is 2.90. The number of hydrogen-bond donors (Lipinski definition) is 2. The van der Waals surface area contributed by atoms with Gasteiger partial charge >= 0.3 is 0 Å². The first-order chi connectivity index (χ1) is 8.10. The van der Waals surface area contributed by atoms with Gasteiger partial charge < -0.3 is 15.4 Å². The number of anilines is 1. The van der Waals surface area contributed by atoms with Gasteiger partial charge in [-0.1, -0.05) is 22.0 Å². The molecule has 1 unspecified atom stereocenters. The molecule has 4 nitrogen and oxygen atoms in total. The Morgan fingerprint density at radius 2 is 2.24 bits per heavy atom. The first-order valence-corrected chi connectivity index (χ1v) is 6.14. The van der Waals surface area contributed by atoms with Crippen molar-refractivity contribution in [3.8, 4) is 0 Å². The summed E-state index contributed by atoms with van der Waals surface area (Å²) in [7, 11) is 3.38. The molecular formula is C12H17BrN2O2. The molecule has 1 aromatic rings. The molecule has 1 amide bonds. The molecule has 0 aliphatic heterocycles. The normalized spacial score (nSPS) is 12.2. The largest absolute Gasteiger partial charge is 0.380 e. The summed E-state index contributed by atoms with van der Waals surface area (Å²) in [6, 6.07) is 5.43. The molecule has 1 aromatic carbocycles. The minimum absolute atomic E-state index is 0.0667. The number of ether oxygens (including phenoxy) is 1. The number of carbonyl (C=O) groups is 1. The predicted octanol–water partition coefficient (Wildman–Crippen LogP) is 2.14. The fourth-order valence-electron chi connectivity index (χ4n) is 1.34. The third kappa shape index (κ3) is 3.80. The van der Waals surface area contributed by atoms with E-state index >= 15 is 0 Å². The van der Waals surface area contributed by atoms with E-state index in [2.05, 4.69) is 26.6 Å². The molecule has 5 heteroatoms. The van der Waals surface area contributed by atoms with Crippen LogP contribution in [0.1, 0.15) is 12.5 Å². The standard InChI is InChI=1S/C12H17BrN2O2/c1-8(14-2)12(16)15-11-6-4-5-10(13)9(11)7-17-3/h4-6,8,14H,7H2,1-3H3,(H,15,16). The zero-order valence-corrected chi connectivity index (χ0v) is 11.8. The molecule has 0 aromatic heterocycles. The molecule has 0 saturated heterocycles. The minimum Gasteiger partial charge on any atom is -0.380 e. The number of amides is 1. The number of hydrogen-bond acceptors (Lipinski definition) is 3. The number of benzene rings is 1. The van der Waals surface area contributed by atoms with Gasteiger partial charge in [-0.2, -0.15) is 0 Å². The van der Waals surface area contributed by atoms with Gasteiger partial charge in [-0.3, -0.25) is 4.79 Å². The van der Waals surface area contributed by atoms with Crippen LogP contribution in [-0.4, -0.2) is 26.1 Å². The Morgan fingerprint density at radius 1 is 1.53 bits per heavy atom. The highest BCUT2D eigenvalue weighted by molar-refractivity contribution is 9.10. The Labute approximate surface area is 110 Å². The molecule has 0 aliphatic rings. The van der Waals surface area contributed by atoms with E-state index in [0.717, 1.165) is 15.7 Å². The lowest BCUT2D eigenvalue weighted by Gasteiger charge is -2.15. The first-order valence-electron chi connectivity index (χ1n) is 5.34. The second-order valence-electron chi connectivity index (χ2n) is 3.70. The predicted molar refractivity (Wildman–Crippen MR) is 72.0 cm³/mol. The summed E-state index contributed by atoms with van der Waals surface area (Å²) in [6.07, 6.45) is 0. The molecule has 0 bridgehead atoms. The molecule has 0 fully saturated rings. The lowest BCUT2D eigenvalue weighted by atomic mass is 10.2. The monoisotopic (exact) mass is 300 g/mol. The van der Waals surface area contributed by atoms with Crippen molar-refractivity contribution in [1.29, 1.82) is 0 Å². The molecule has 0 aliphatic carbocycles. The summed E-state index contributed by atoms with van der Waals surface area (Å²) in [5.41, 5.74) is 1.71. The van der Waals surface area contributed by atoms with Gasteiger partial charge in [-0.25, -0.2) is 0 Å². The van der Waals surface area contributed by atoms with Crippen LogP contribution in [0.4, 0.5) is 5.69 Å². The molecule has 0 saturated carbocycles. The minimum atomic E-state index is -0.232. The summed E-state index contributed by atoms with van der Waals surface area (Å²) in [4.78, 5) is 11.8. The number of rotatable bonds is 5. The highest BCUT2D eigenvalue weighted by Crippen LogP contribution is 2.25. The fraction of sp³-hybridized carbons (Fsp3) is 0.417. The second kappa shape index (κ2) is 6.74. The topological polar surface area (TPSA) is 50.4 Å². The van der Waals surface area contributed by atoms with Crippen LogP contribution in [0.5, 0.6) is 0 Å². The van der Waals surface area contributed by atoms with Crippen molar-refractivity contribution in [2.24, 2.45) is 0 Å². The van der Waals surface area contributed by atoms with Crippen molar-refractivity contribution >= 4 is 27.5 Å². The van der Waals surface area contributed by atoms with Crippen LogP contribution in [-0.2, 0) is 16.1 Å². The van der Waals surface area contributed by atoms with Crippen LogP contribution in [0, 0.1) is 0 Å². The van der Waals surface area contributed by atoms with Gasteiger partial charge in [-0.15, -0.1) is 0 Å². The maximum absolute atomic E-state index is 11.8. The van der Waals surface area contributed by atoms with Crippen LogP contribution in [0.25, 0.3) is 0 Å². The maximum Gasteiger partial charge on any atom is 0.241 e. The summed E-state index contributed by atoms with van der Waals surface area (Å²) >= 11 is 3.45. The smallest absolute Gasteiger partial charge is 0.241 e.